The van der Waals surface area contributed by atoms with E-state index in [4.69, 9.17) is 14.2 Å². The lowest BCUT2D eigenvalue weighted by molar-refractivity contribution is -0.149. The third-order valence-electron chi connectivity index (χ3n) is 5.82. The number of urea groups is 1. The molecule has 2 N–H and O–H groups in total. The van der Waals surface area contributed by atoms with Crippen molar-refractivity contribution in [3.63, 3.8) is 0 Å². The number of carbonyl (C=O) groups is 3. The zero-order valence-electron chi connectivity index (χ0n) is 20.4. The number of esters is 2. The molecule has 1 atom stereocenters. The van der Waals surface area contributed by atoms with Gasteiger partial charge in [-0.05, 0) is 71.3 Å². The monoisotopic (exact) mass is 473 g/mol. The van der Waals surface area contributed by atoms with Gasteiger partial charge in [0.05, 0.1) is 36.9 Å². The second-order valence-corrected chi connectivity index (χ2v) is 8.68. The maximum Gasteiger partial charge on any atom is 0.338 e. The van der Waals surface area contributed by atoms with Gasteiger partial charge in [0.15, 0.2) is 0 Å². The summed E-state index contributed by atoms with van der Waals surface area (Å²) in [6.07, 6.45) is 1.39. The molecule has 0 aromatic heterocycles. The van der Waals surface area contributed by atoms with Crippen LogP contribution in [0.15, 0.2) is 35.5 Å². The van der Waals surface area contributed by atoms with Crippen LogP contribution in [-0.4, -0.2) is 61.8 Å². The van der Waals surface area contributed by atoms with Gasteiger partial charge < -0.3 is 24.8 Å². The molecule has 1 aromatic rings. The molecule has 2 aliphatic heterocycles. The number of nitrogens with zero attached hydrogens (tertiary/aromatic N) is 1. The molecule has 1 aromatic carbocycles. The van der Waals surface area contributed by atoms with Crippen molar-refractivity contribution >= 4 is 18.0 Å². The topological polar surface area (TPSA) is 106 Å². The smallest absolute Gasteiger partial charge is 0.338 e. The van der Waals surface area contributed by atoms with Gasteiger partial charge in [0.2, 0.25) is 0 Å². The van der Waals surface area contributed by atoms with Gasteiger partial charge in [0.25, 0.3) is 0 Å². The number of benzene rings is 1. The molecular formula is C25H35N3O6. The lowest BCUT2D eigenvalue weighted by Gasteiger charge is -2.35. The number of amides is 2. The van der Waals surface area contributed by atoms with Gasteiger partial charge in [-0.1, -0.05) is 12.1 Å². The van der Waals surface area contributed by atoms with Crippen molar-refractivity contribution in [2.75, 3.05) is 32.8 Å². The Kier molecular flexibility index (Phi) is 8.92. The summed E-state index contributed by atoms with van der Waals surface area (Å²) in [5.41, 5.74) is 1.66. The van der Waals surface area contributed by atoms with E-state index in [1.54, 1.807) is 13.8 Å². The SMILES string of the molecule is CCOC(=O)C1=C(CN2CCC(C(=O)OCC)CC2)NC(=O)N[C@H]1c1ccc(OC(C)C)cc1. The van der Waals surface area contributed by atoms with Crippen LogP contribution in [0.4, 0.5) is 4.79 Å². The maximum atomic E-state index is 13.0. The second-order valence-electron chi connectivity index (χ2n) is 8.68. The Bertz CT molecular complexity index is 904. The van der Waals surface area contributed by atoms with Gasteiger partial charge >= 0.3 is 18.0 Å². The molecule has 0 bridgehead atoms. The van der Waals surface area contributed by atoms with Crippen molar-refractivity contribution in [1.82, 2.24) is 15.5 Å². The molecule has 2 heterocycles. The predicted molar refractivity (Wildman–Crippen MR) is 126 cm³/mol. The standard InChI is InChI=1S/C25H35N3O6/c1-5-32-23(29)18-11-13-28(14-12-18)15-20-21(24(30)33-6-2)22(27-25(31)26-20)17-7-9-19(10-8-17)34-16(3)4/h7-10,16,18,22H,5-6,11-15H2,1-4H3,(H2,26,27,31)/t22-/m0/s1. The number of hydrogen-bond donors (Lipinski definition) is 2. The van der Waals surface area contributed by atoms with Crippen LogP contribution in [-0.2, 0) is 19.1 Å². The third kappa shape index (κ3) is 6.50. The van der Waals surface area contributed by atoms with Gasteiger partial charge in [-0.3, -0.25) is 9.69 Å². The number of likely N-dealkylation sites (tertiary alicyclic amines) is 1. The fourth-order valence-corrected chi connectivity index (χ4v) is 4.26. The van der Waals surface area contributed by atoms with Crippen LogP contribution in [0.25, 0.3) is 0 Å². The molecule has 0 radical (unpaired) electrons. The van der Waals surface area contributed by atoms with Crippen LogP contribution < -0.4 is 15.4 Å². The fraction of sp³-hybridized carbons (Fsp3) is 0.560. The highest BCUT2D eigenvalue weighted by atomic mass is 16.5. The normalized spacial score (nSPS) is 19.4. The third-order valence-corrected chi connectivity index (χ3v) is 5.82. The van der Waals surface area contributed by atoms with Crippen LogP contribution in [0.5, 0.6) is 5.75 Å². The van der Waals surface area contributed by atoms with Crippen molar-refractivity contribution in [2.24, 2.45) is 5.92 Å². The highest BCUT2D eigenvalue weighted by molar-refractivity contribution is 5.95. The molecule has 0 spiro atoms. The molecule has 34 heavy (non-hydrogen) atoms. The van der Waals surface area contributed by atoms with Crippen LogP contribution in [0, 0.1) is 5.92 Å². The fourth-order valence-electron chi connectivity index (χ4n) is 4.26. The van der Waals surface area contributed by atoms with E-state index >= 15 is 0 Å². The quantitative estimate of drug-likeness (QED) is 0.531. The Balaban J connectivity index is 1.82. The second kappa shape index (κ2) is 11.9. The molecule has 3 rings (SSSR count). The number of carbonyl (C=O) groups excluding carboxylic acids is 3. The van der Waals surface area contributed by atoms with E-state index in [0.29, 0.717) is 56.1 Å². The van der Waals surface area contributed by atoms with Gasteiger partial charge in [-0.15, -0.1) is 0 Å². The zero-order valence-corrected chi connectivity index (χ0v) is 20.4. The van der Waals surface area contributed by atoms with Crippen molar-refractivity contribution < 1.29 is 28.6 Å². The average molecular weight is 474 g/mol. The van der Waals surface area contributed by atoms with Crippen molar-refractivity contribution in [3.05, 3.63) is 41.1 Å². The van der Waals surface area contributed by atoms with Gasteiger partial charge in [-0.25, -0.2) is 9.59 Å². The number of hydrogen-bond acceptors (Lipinski definition) is 7. The van der Waals surface area contributed by atoms with Crippen LogP contribution in [0.3, 0.4) is 0 Å². The molecule has 0 unspecified atom stereocenters. The number of piperidine rings is 1. The Labute approximate surface area is 200 Å². The Hall–Kier alpha value is -3.07. The minimum Gasteiger partial charge on any atom is -0.491 e. The molecule has 1 saturated heterocycles. The minimum absolute atomic E-state index is 0.0407. The van der Waals surface area contributed by atoms with Crippen LogP contribution in [0.1, 0.15) is 52.1 Å². The summed E-state index contributed by atoms with van der Waals surface area (Å²) in [7, 11) is 0. The first kappa shape index (κ1) is 25.6. The first-order valence-electron chi connectivity index (χ1n) is 12.0. The molecule has 2 amide bonds. The van der Waals surface area contributed by atoms with Crippen molar-refractivity contribution in [2.45, 2.75) is 52.7 Å². The molecule has 9 nitrogen and oxygen atoms in total. The Morgan fingerprint density at radius 3 is 2.29 bits per heavy atom. The number of ether oxygens (including phenoxy) is 3. The van der Waals surface area contributed by atoms with Crippen LogP contribution >= 0.6 is 0 Å². The van der Waals surface area contributed by atoms with E-state index < -0.39 is 12.0 Å². The lowest BCUT2D eigenvalue weighted by atomic mass is 9.93. The van der Waals surface area contributed by atoms with E-state index in [1.807, 2.05) is 38.1 Å². The summed E-state index contributed by atoms with van der Waals surface area (Å²) >= 11 is 0. The molecule has 2 aliphatic rings. The maximum absolute atomic E-state index is 13.0. The summed E-state index contributed by atoms with van der Waals surface area (Å²) in [5.74, 6) is -0.0327. The average Bonchev–Trinajstić information content (AvgIpc) is 2.79. The van der Waals surface area contributed by atoms with E-state index in [1.165, 1.54) is 0 Å². The minimum atomic E-state index is -0.645. The van der Waals surface area contributed by atoms with E-state index in [0.717, 1.165) is 5.56 Å². The van der Waals surface area contributed by atoms with Crippen LogP contribution in [0.2, 0.25) is 0 Å². The van der Waals surface area contributed by atoms with Crippen molar-refractivity contribution in [1.29, 1.82) is 0 Å². The molecule has 9 heteroatoms. The first-order valence-corrected chi connectivity index (χ1v) is 12.0. The number of rotatable bonds is 9. The molecule has 186 valence electrons. The highest BCUT2D eigenvalue weighted by Crippen LogP contribution is 2.30. The highest BCUT2D eigenvalue weighted by Gasteiger charge is 2.35. The van der Waals surface area contributed by atoms with E-state index in [-0.39, 0.29) is 30.6 Å². The summed E-state index contributed by atoms with van der Waals surface area (Å²) in [6, 6.07) is 6.31. The number of nitrogens with one attached hydrogen (secondary N) is 2. The molecular weight excluding hydrogens is 438 g/mol. The van der Waals surface area contributed by atoms with Crippen molar-refractivity contribution in [3.8, 4) is 5.75 Å². The van der Waals surface area contributed by atoms with E-state index in [9.17, 15) is 14.4 Å². The van der Waals surface area contributed by atoms with Gasteiger partial charge in [0, 0.05) is 12.2 Å². The largest absolute Gasteiger partial charge is 0.491 e. The lowest BCUT2D eigenvalue weighted by Crippen LogP contribution is -2.49. The van der Waals surface area contributed by atoms with Gasteiger partial charge in [-0.2, -0.15) is 0 Å². The van der Waals surface area contributed by atoms with E-state index in [2.05, 4.69) is 15.5 Å². The van der Waals surface area contributed by atoms with Gasteiger partial charge in [0.1, 0.15) is 5.75 Å². The molecule has 0 aliphatic carbocycles. The Morgan fingerprint density at radius 1 is 1.06 bits per heavy atom. The summed E-state index contributed by atoms with van der Waals surface area (Å²) in [5, 5.41) is 5.67. The molecule has 0 saturated carbocycles. The first-order chi connectivity index (χ1) is 16.3. The predicted octanol–water partition coefficient (Wildman–Crippen LogP) is 2.92. The summed E-state index contributed by atoms with van der Waals surface area (Å²) < 4.78 is 16.2. The summed E-state index contributed by atoms with van der Waals surface area (Å²) in [4.78, 5) is 39.7. The zero-order chi connectivity index (χ0) is 24.7. The summed E-state index contributed by atoms with van der Waals surface area (Å²) in [6.45, 7) is 9.76. The Morgan fingerprint density at radius 2 is 1.71 bits per heavy atom. The molecule has 1 fully saturated rings.